The molecular weight excluding hydrogens is 265 g/mol. The highest BCUT2D eigenvalue weighted by molar-refractivity contribution is 8.17. The van der Waals surface area contributed by atoms with Crippen LogP contribution in [0.1, 0.15) is 11.1 Å². The molecule has 1 rings (SSSR count). The van der Waals surface area contributed by atoms with Crippen molar-refractivity contribution in [3.63, 3.8) is 0 Å². The van der Waals surface area contributed by atoms with Crippen LogP contribution in [0.4, 0.5) is 13.2 Å². The van der Waals surface area contributed by atoms with E-state index in [1.165, 1.54) is 6.07 Å². The lowest BCUT2D eigenvalue weighted by atomic mass is 10.1. The molecule has 16 heavy (non-hydrogen) atoms. The number of rotatable bonds is 0. The molecule has 7 heteroatoms. The van der Waals surface area contributed by atoms with Gasteiger partial charge in [0.2, 0.25) is 0 Å². The maximum atomic E-state index is 12.2. The molecule has 0 fully saturated rings. The van der Waals surface area contributed by atoms with Crippen molar-refractivity contribution in [3.05, 3.63) is 35.4 Å². The van der Waals surface area contributed by atoms with Crippen molar-refractivity contribution < 1.29 is 21.6 Å². The summed E-state index contributed by atoms with van der Waals surface area (Å²) in [6.45, 7) is 0. The van der Waals surface area contributed by atoms with E-state index in [4.69, 9.17) is 10.7 Å². The molecule has 0 aliphatic heterocycles. The van der Waals surface area contributed by atoms with Gasteiger partial charge in [0, 0.05) is 21.5 Å². The van der Waals surface area contributed by atoms with Crippen molar-refractivity contribution in [2.75, 3.05) is 0 Å². The van der Waals surface area contributed by atoms with E-state index in [0.29, 0.717) is 0 Å². The summed E-state index contributed by atoms with van der Waals surface area (Å²) in [7, 11) is 0.748. The zero-order chi connectivity index (χ0) is 12.4. The van der Waals surface area contributed by atoms with Crippen LogP contribution in [0.3, 0.4) is 0 Å². The van der Waals surface area contributed by atoms with Gasteiger partial charge in [-0.25, -0.2) is 0 Å². The van der Waals surface area contributed by atoms with E-state index in [0.717, 1.165) is 18.2 Å². The van der Waals surface area contributed by atoms with E-state index < -0.39 is 20.8 Å². The van der Waals surface area contributed by atoms with Crippen LogP contribution in [0.25, 0.3) is 0 Å². The molecule has 0 atom stereocenters. The topological polar surface area (TPSA) is 34.1 Å². The first-order valence-corrected chi connectivity index (χ1v) is 6.14. The third-order valence-corrected chi connectivity index (χ3v) is 2.08. The Labute approximate surface area is 94.5 Å². The van der Waals surface area contributed by atoms with Crippen LogP contribution in [0, 0.1) is 11.2 Å². The third kappa shape index (κ3) is 4.13. The number of hydrogen-bond donors (Lipinski definition) is 0. The van der Waals surface area contributed by atoms with Gasteiger partial charge in [-0.15, -0.1) is 0 Å². The average Bonchev–Trinajstić information content (AvgIpc) is 2.13. The maximum absolute atomic E-state index is 12.2. The molecule has 0 amide bonds. The van der Waals surface area contributed by atoms with Crippen LogP contribution in [-0.2, 0) is 15.2 Å². The Morgan fingerprint density at radius 2 is 1.88 bits per heavy atom. The van der Waals surface area contributed by atoms with Gasteiger partial charge in [0.25, 0.3) is 0 Å². The van der Waals surface area contributed by atoms with E-state index in [2.05, 4.69) is 0 Å². The molecule has 0 saturated heterocycles. The summed E-state index contributed by atoms with van der Waals surface area (Å²) in [5.74, 6) is 2.03. The maximum Gasteiger partial charge on any atom is 0.416 e. The predicted octanol–water partition coefficient (Wildman–Crippen LogP) is 2.58. The van der Waals surface area contributed by atoms with Gasteiger partial charge in [-0.2, -0.15) is 21.6 Å². The fourth-order valence-electron chi connectivity index (χ4n) is 0.893. The van der Waals surface area contributed by atoms with Crippen LogP contribution in [0.15, 0.2) is 24.3 Å². The predicted molar refractivity (Wildman–Crippen MR) is 53.1 cm³/mol. The average molecular weight is 269 g/mol. The van der Waals surface area contributed by atoms with Crippen molar-refractivity contribution in [3.8, 4) is 11.2 Å². The second-order valence-corrected chi connectivity index (χ2v) is 5.04. The number of benzene rings is 1. The summed E-state index contributed by atoms with van der Waals surface area (Å²) in [5, 5.41) is 1.64. The number of alkyl halides is 3. The lowest BCUT2D eigenvalue weighted by molar-refractivity contribution is -0.137. The Morgan fingerprint density at radius 3 is 2.38 bits per heavy atom. The van der Waals surface area contributed by atoms with Crippen LogP contribution in [0.5, 0.6) is 0 Å². The second kappa shape index (κ2) is 4.36. The van der Waals surface area contributed by atoms with Crippen molar-refractivity contribution in [2.24, 2.45) is 0 Å². The van der Waals surface area contributed by atoms with Gasteiger partial charge in [-0.05, 0) is 24.1 Å². The molecule has 0 aliphatic rings. The second-order valence-electron chi connectivity index (χ2n) is 2.74. The smallest absolute Gasteiger partial charge is 0.198 e. The van der Waals surface area contributed by atoms with Crippen LogP contribution >= 0.6 is 10.7 Å². The molecule has 2 nitrogen and oxygen atoms in total. The molecule has 0 bridgehead atoms. The Bertz CT molecular complexity index is 552. The SMILES string of the molecule is O=S(=O)(Cl)C#Cc1cccc(C(F)(F)F)c1. The first kappa shape index (κ1) is 12.9. The molecule has 0 heterocycles. The van der Waals surface area contributed by atoms with E-state index >= 15 is 0 Å². The van der Waals surface area contributed by atoms with E-state index in [1.54, 1.807) is 5.25 Å². The molecule has 1 aromatic rings. The van der Waals surface area contributed by atoms with E-state index in [1.807, 2.05) is 5.92 Å². The summed E-state index contributed by atoms with van der Waals surface area (Å²) >= 11 is 0. The lowest BCUT2D eigenvalue weighted by Crippen LogP contribution is -2.04. The first-order chi connectivity index (χ1) is 7.18. The van der Waals surface area contributed by atoms with Crippen molar-refractivity contribution in [2.45, 2.75) is 6.18 Å². The molecule has 86 valence electrons. The molecule has 0 unspecified atom stereocenters. The quantitative estimate of drug-likeness (QED) is 0.535. The third-order valence-electron chi connectivity index (χ3n) is 1.51. The highest BCUT2D eigenvalue weighted by atomic mass is 35.7. The summed E-state index contributed by atoms with van der Waals surface area (Å²) in [6.07, 6.45) is -4.49. The Kier molecular flexibility index (Phi) is 3.51. The minimum Gasteiger partial charge on any atom is -0.198 e. The molecule has 0 saturated carbocycles. The monoisotopic (exact) mass is 268 g/mol. The molecule has 1 aromatic carbocycles. The standard InChI is InChI=1S/C9H4ClF3O2S/c10-16(14,15)5-4-7-2-1-3-8(6-7)9(11,12)13/h1-3,6H. The van der Waals surface area contributed by atoms with Crippen molar-refractivity contribution in [1.29, 1.82) is 0 Å². The summed E-state index contributed by atoms with van der Waals surface area (Å²) < 4.78 is 57.7. The van der Waals surface area contributed by atoms with E-state index in [9.17, 15) is 21.6 Å². The molecule has 0 aliphatic carbocycles. The fraction of sp³-hybridized carbons (Fsp3) is 0.111. The van der Waals surface area contributed by atoms with Gasteiger partial charge < -0.3 is 0 Å². The normalized spacial score (nSPS) is 11.8. The van der Waals surface area contributed by atoms with Gasteiger partial charge in [0.05, 0.1) is 5.56 Å². The molecular formula is C9H4ClF3O2S. The zero-order valence-corrected chi connectivity index (χ0v) is 9.12. The van der Waals surface area contributed by atoms with Crippen LogP contribution in [0.2, 0.25) is 0 Å². The summed E-state index contributed by atoms with van der Waals surface area (Å²) in [4.78, 5) is 0. The molecule has 0 N–H and O–H groups in total. The molecule has 0 spiro atoms. The molecule has 0 aromatic heterocycles. The molecule has 0 radical (unpaired) electrons. The first-order valence-electron chi connectivity index (χ1n) is 3.83. The number of halogens is 4. The minimum absolute atomic E-state index is 0.0703. The van der Waals surface area contributed by atoms with Gasteiger partial charge in [-0.3, -0.25) is 0 Å². The van der Waals surface area contributed by atoms with Gasteiger partial charge in [-0.1, -0.05) is 6.07 Å². The Morgan fingerprint density at radius 1 is 1.25 bits per heavy atom. The summed E-state index contributed by atoms with van der Waals surface area (Å²) in [6, 6.07) is 3.99. The van der Waals surface area contributed by atoms with Crippen LogP contribution < -0.4 is 0 Å². The van der Waals surface area contributed by atoms with Gasteiger partial charge in [0.1, 0.15) is 0 Å². The number of hydrogen-bond acceptors (Lipinski definition) is 2. The summed E-state index contributed by atoms with van der Waals surface area (Å²) in [5.41, 5.74) is -0.967. The highest BCUT2D eigenvalue weighted by Gasteiger charge is 2.30. The fourth-order valence-corrected chi connectivity index (χ4v) is 1.25. The highest BCUT2D eigenvalue weighted by Crippen LogP contribution is 2.29. The van der Waals surface area contributed by atoms with Crippen molar-refractivity contribution >= 4 is 19.7 Å². The van der Waals surface area contributed by atoms with E-state index in [-0.39, 0.29) is 5.56 Å². The largest absolute Gasteiger partial charge is 0.416 e. The minimum atomic E-state index is -4.49. The Balaban J connectivity index is 3.13. The Hall–Kier alpha value is -1.19. The van der Waals surface area contributed by atoms with Crippen molar-refractivity contribution in [1.82, 2.24) is 0 Å². The van der Waals surface area contributed by atoms with Gasteiger partial charge in [0.15, 0.2) is 0 Å². The lowest BCUT2D eigenvalue weighted by Gasteiger charge is -2.05. The van der Waals surface area contributed by atoms with Crippen LogP contribution in [-0.4, -0.2) is 8.42 Å². The van der Waals surface area contributed by atoms with Gasteiger partial charge >= 0.3 is 15.2 Å². The zero-order valence-electron chi connectivity index (χ0n) is 7.55.